The van der Waals surface area contributed by atoms with Gasteiger partial charge in [-0.3, -0.25) is 4.79 Å². The van der Waals surface area contributed by atoms with Gasteiger partial charge in [0.25, 0.3) is 5.91 Å². The van der Waals surface area contributed by atoms with Crippen LogP contribution < -0.4 is 10.1 Å². The normalized spacial score (nSPS) is 12.2. The van der Waals surface area contributed by atoms with E-state index in [0.29, 0.717) is 10.8 Å². The maximum absolute atomic E-state index is 12.0. The van der Waals surface area contributed by atoms with Crippen molar-refractivity contribution in [2.24, 2.45) is 0 Å². The Bertz CT molecular complexity index is 528. The Kier molecular flexibility index (Phi) is 6.06. The number of halogens is 1. The van der Waals surface area contributed by atoms with Crippen molar-refractivity contribution < 1.29 is 19.4 Å². The van der Waals surface area contributed by atoms with Crippen LogP contribution in [-0.4, -0.2) is 30.1 Å². The minimum atomic E-state index is -1.09. The molecule has 1 atom stereocenters. The summed E-state index contributed by atoms with van der Waals surface area (Å²) in [6, 6.07) is 3.53. The fourth-order valence-corrected chi connectivity index (χ4v) is 1.73. The molecule has 108 valence electrons. The van der Waals surface area contributed by atoms with E-state index >= 15 is 0 Å². The van der Waals surface area contributed by atoms with E-state index in [-0.39, 0.29) is 12.0 Å². The minimum absolute atomic E-state index is 0.225. The zero-order valence-electron chi connectivity index (χ0n) is 11.2. The lowest BCUT2D eigenvalue weighted by molar-refractivity contribution is -0.139. The molecule has 1 amide bonds. The summed E-state index contributed by atoms with van der Waals surface area (Å²) in [4.78, 5) is 23.1. The van der Waals surface area contributed by atoms with Crippen LogP contribution in [0, 0.1) is 0 Å². The third-order valence-corrected chi connectivity index (χ3v) is 2.94. The number of rotatable bonds is 6. The molecule has 1 unspecified atom stereocenters. The molecule has 0 spiro atoms. The Morgan fingerprint density at radius 3 is 2.75 bits per heavy atom. The van der Waals surface area contributed by atoms with E-state index in [1.54, 1.807) is 19.1 Å². The SMILES string of the molecule is C/C=C/CC(NC(=O)c1ccc(Cl)c(OC)c1)C(=O)O. The number of carboxylic acids is 1. The largest absolute Gasteiger partial charge is 0.495 e. The summed E-state index contributed by atoms with van der Waals surface area (Å²) in [6.07, 6.45) is 3.64. The fourth-order valence-electron chi connectivity index (χ4n) is 1.54. The average Bonchev–Trinajstić information content (AvgIpc) is 2.43. The Labute approximate surface area is 122 Å². The molecule has 1 aromatic rings. The Morgan fingerprint density at radius 1 is 1.50 bits per heavy atom. The molecule has 1 rings (SSSR count). The number of aliphatic carboxylic acids is 1. The van der Waals surface area contributed by atoms with Crippen molar-refractivity contribution in [2.75, 3.05) is 7.11 Å². The number of allylic oxidation sites excluding steroid dienone is 1. The predicted octanol–water partition coefficient (Wildman–Crippen LogP) is 2.50. The van der Waals surface area contributed by atoms with Gasteiger partial charge < -0.3 is 15.2 Å². The molecule has 2 N–H and O–H groups in total. The molecule has 0 aliphatic carbocycles. The molecule has 6 heteroatoms. The lowest BCUT2D eigenvalue weighted by atomic mass is 10.1. The Morgan fingerprint density at radius 2 is 2.20 bits per heavy atom. The first-order chi connectivity index (χ1) is 9.49. The zero-order valence-corrected chi connectivity index (χ0v) is 12.0. The third kappa shape index (κ3) is 4.28. The van der Waals surface area contributed by atoms with Crippen LogP contribution in [0.3, 0.4) is 0 Å². The van der Waals surface area contributed by atoms with Crippen molar-refractivity contribution >= 4 is 23.5 Å². The van der Waals surface area contributed by atoms with Gasteiger partial charge in [0.05, 0.1) is 12.1 Å². The number of carboxylic acid groups (broad SMARTS) is 1. The lowest BCUT2D eigenvalue weighted by Gasteiger charge is -2.13. The molecule has 0 aliphatic heterocycles. The second kappa shape index (κ2) is 7.55. The number of hydrogen-bond acceptors (Lipinski definition) is 3. The van der Waals surface area contributed by atoms with Crippen LogP contribution in [0.15, 0.2) is 30.4 Å². The first kappa shape index (κ1) is 16.0. The van der Waals surface area contributed by atoms with Crippen LogP contribution >= 0.6 is 11.6 Å². The van der Waals surface area contributed by atoms with Crippen molar-refractivity contribution in [1.82, 2.24) is 5.32 Å². The number of carbonyl (C=O) groups excluding carboxylic acids is 1. The van der Waals surface area contributed by atoms with Crippen LogP contribution in [0.1, 0.15) is 23.7 Å². The Balaban J connectivity index is 2.86. The van der Waals surface area contributed by atoms with Gasteiger partial charge in [-0.05, 0) is 31.5 Å². The molecule has 0 bridgehead atoms. The first-order valence-corrected chi connectivity index (χ1v) is 6.35. The van der Waals surface area contributed by atoms with E-state index in [4.69, 9.17) is 21.4 Å². The highest BCUT2D eigenvalue weighted by molar-refractivity contribution is 6.32. The standard InChI is InChI=1S/C14H16ClNO4/c1-3-4-5-11(14(18)19)16-13(17)9-6-7-10(15)12(8-9)20-2/h3-4,6-8,11H,5H2,1-2H3,(H,16,17)(H,18,19)/b4-3+. The van der Waals surface area contributed by atoms with Crippen molar-refractivity contribution in [3.8, 4) is 5.75 Å². The number of amides is 1. The summed E-state index contributed by atoms with van der Waals surface area (Å²) in [5, 5.41) is 11.9. The number of methoxy groups -OCH3 is 1. The molecule has 0 aromatic heterocycles. The molecule has 0 fully saturated rings. The maximum Gasteiger partial charge on any atom is 0.326 e. The van der Waals surface area contributed by atoms with E-state index in [9.17, 15) is 9.59 Å². The van der Waals surface area contributed by atoms with Crippen LogP contribution in [-0.2, 0) is 4.79 Å². The summed E-state index contributed by atoms with van der Waals surface area (Å²) in [7, 11) is 1.44. The predicted molar refractivity (Wildman–Crippen MR) is 76.3 cm³/mol. The minimum Gasteiger partial charge on any atom is -0.495 e. The Hall–Kier alpha value is -2.01. The molecule has 0 saturated heterocycles. The van der Waals surface area contributed by atoms with Gasteiger partial charge in [-0.15, -0.1) is 0 Å². The third-order valence-electron chi connectivity index (χ3n) is 2.62. The lowest BCUT2D eigenvalue weighted by Crippen LogP contribution is -2.40. The van der Waals surface area contributed by atoms with Crippen molar-refractivity contribution in [2.45, 2.75) is 19.4 Å². The molecular formula is C14H16ClNO4. The number of hydrogen-bond donors (Lipinski definition) is 2. The van der Waals surface area contributed by atoms with Crippen LogP contribution in [0.2, 0.25) is 5.02 Å². The van der Waals surface area contributed by atoms with E-state index in [0.717, 1.165) is 0 Å². The van der Waals surface area contributed by atoms with Gasteiger partial charge in [-0.1, -0.05) is 23.8 Å². The van der Waals surface area contributed by atoms with Gasteiger partial charge in [-0.25, -0.2) is 4.79 Å². The highest BCUT2D eigenvalue weighted by Gasteiger charge is 2.19. The molecule has 0 aliphatic rings. The van der Waals surface area contributed by atoms with Crippen molar-refractivity contribution in [3.63, 3.8) is 0 Å². The fraction of sp³-hybridized carbons (Fsp3) is 0.286. The summed E-state index contributed by atoms with van der Waals surface area (Å²) < 4.78 is 5.01. The van der Waals surface area contributed by atoms with E-state index < -0.39 is 17.9 Å². The smallest absolute Gasteiger partial charge is 0.326 e. The van der Waals surface area contributed by atoms with E-state index in [1.807, 2.05) is 0 Å². The molecule has 20 heavy (non-hydrogen) atoms. The first-order valence-electron chi connectivity index (χ1n) is 5.98. The second-order valence-corrected chi connectivity index (χ2v) is 4.43. The quantitative estimate of drug-likeness (QED) is 0.791. The molecule has 0 saturated carbocycles. The maximum atomic E-state index is 12.0. The topological polar surface area (TPSA) is 75.6 Å². The van der Waals surface area contributed by atoms with Crippen LogP contribution in [0.5, 0.6) is 5.75 Å². The van der Waals surface area contributed by atoms with Gasteiger partial charge in [0.2, 0.25) is 0 Å². The zero-order chi connectivity index (χ0) is 15.1. The van der Waals surface area contributed by atoms with Gasteiger partial charge in [0.15, 0.2) is 0 Å². The van der Waals surface area contributed by atoms with Crippen molar-refractivity contribution in [3.05, 3.63) is 40.9 Å². The molecular weight excluding hydrogens is 282 g/mol. The van der Waals surface area contributed by atoms with Crippen LogP contribution in [0.25, 0.3) is 0 Å². The number of benzene rings is 1. The van der Waals surface area contributed by atoms with Gasteiger partial charge in [0.1, 0.15) is 11.8 Å². The number of carbonyl (C=O) groups is 2. The van der Waals surface area contributed by atoms with Gasteiger partial charge in [-0.2, -0.15) is 0 Å². The average molecular weight is 298 g/mol. The summed E-state index contributed by atoms with van der Waals surface area (Å²) in [6.45, 7) is 1.78. The monoisotopic (exact) mass is 297 g/mol. The number of ether oxygens (including phenoxy) is 1. The summed E-state index contributed by atoms with van der Waals surface area (Å²) in [5.74, 6) is -1.21. The molecule has 5 nitrogen and oxygen atoms in total. The second-order valence-electron chi connectivity index (χ2n) is 4.02. The van der Waals surface area contributed by atoms with Gasteiger partial charge in [0, 0.05) is 5.56 Å². The molecule has 1 aromatic carbocycles. The summed E-state index contributed by atoms with van der Waals surface area (Å²) >= 11 is 5.87. The van der Waals surface area contributed by atoms with Crippen molar-refractivity contribution in [1.29, 1.82) is 0 Å². The van der Waals surface area contributed by atoms with Crippen LogP contribution in [0.4, 0.5) is 0 Å². The van der Waals surface area contributed by atoms with E-state index in [1.165, 1.54) is 25.3 Å². The number of nitrogens with one attached hydrogen (secondary N) is 1. The van der Waals surface area contributed by atoms with E-state index in [2.05, 4.69) is 5.32 Å². The molecule has 0 heterocycles. The highest BCUT2D eigenvalue weighted by atomic mass is 35.5. The van der Waals surface area contributed by atoms with Gasteiger partial charge >= 0.3 is 5.97 Å². The highest BCUT2D eigenvalue weighted by Crippen LogP contribution is 2.24. The summed E-state index contributed by atoms with van der Waals surface area (Å²) in [5.41, 5.74) is 0.290. The molecule has 0 radical (unpaired) electrons.